The molecule has 5 nitrogen and oxygen atoms in total. The van der Waals surface area contributed by atoms with Crippen molar-refractivity contribution in [2.45, 2.75) is 26.4 Å². The van der Waals surface area contributed by atoms with Crippen LogP contribution in [0.4, 0.5) is 5.88 Å². The third-order valence-corrected chi connectivity index (χ3v) is 3.47. The van der Waals surface area contributed by atoms with E-state index in [4.69, 9.17) is 16.0 Å². The lowest BCUT2D eigenvalue weighted by molar-refractivity contribution is -0.402. The Bertz CT molecular complexity index is 608. The van der Waals surface area contributed by atoms with Gasteiger partial charge in [-0.2, -0.15) is 0 Å². The molecule has 0 radical (unpaired) electrons. The minimum absolute atomic E-state index is 0.117. The first-order valence-corrected chi connectivity index (χ1v) is 7.07. The van der Waals surface area contributed by atoms with Gasteiger partial charge in [0.15, 0.2) is 0 Å². The van der Waals surface area contributed by atoms with E-state index in [0.29, 0.717) is 23.2 Å². The molecule has 1 N–H and O–H groups in total. The summed E-state index contributed by atoms with van der Waals surface area (Å²) in [5.41, 5.74) is 1.12. The van der Waals surface area contributed by atoms with E-state index in [2.05, 4.69) is 19.2 Å². The van der Waals surface area contributed by atoms with Crippen molar-refractivity contribution in [3.8, 4) is 0 Å². The summed E-state index contributed by atoms with van der Waals surface area (Å²) in [5.74, 6) is 0.664. The average Bonchev–Trinajstić information content (AvgIpc) is 2.90. The van der Waals surface area contributed by atoms with E-state index in [1.165, 1.54) is 6.07 Å². The Labute approximate surface area is 128 Å². The molecule has 2 rings (SSSR count). The molecule has 0 bridgehead atoms. The highest BCUT2D eigenvalue weighted by molar-refractivity contribution is 6.30. The van der Waals surface area contributed by atoms with Gasteiger partial charge in [-0.1, -0.05) is 37.6 Å². The minimum atomic E-state index is -0.539. The number of benzene rings is 1. The minimum Gasteiger partial charge on any atom is -0.404 e. The van der Waals surface area contributed by atoms with Gasteiger partial charge in [-0.3, -0.25) is 10.1 Å². The molecule has 0 saturated carbocycles. The first-order valence-electron chi connectivity index (χ1n) is 6.69. The van der Waals surface area contributed by atoms with Crippen LogP contribution in [-0.4, -0.2) is 4.92 Å². The molecule has 112 valence electrons. The van der Waals surface area contributed by atoms with E-state index in [1.807, 2.05) is 24.3 Å². The molecule has 2 aromatic rings. The lowest BCUT2D eigenvalue weighted by Gasteiger charge is -2.22. The van der Waals surface area contributed by atoms with Crippen molar-refractivity contribution in [2.24, 2.45) is 5.92 Å². The van der Waals surface area contributed by atoms with Gasteiger partial charge in [-0.25, -0.2) is 0 Å². The highest BCUT2D eigenvalue weighted by atomic mass is 35.5. The van der Waals surface area contributed by atoms with E-state index in [9.17, 15) is 10.1 Å². The first kappa shape index (κ1) is 15.5. The van der Waals surface area contributed by atoms with Crippen molar-refractivity contribution in [2.75, 3.05) is 0 Å². The third kappa shape index (κ3) is 4.06. The van der Waals surface area contributed by atoms with Crippen molar-refractivity contribution in [3.05, 3.63) is 62.9 Å². The summed E-state index contributed by atoms with van der Waals surface area (Å²) >= 11 is 5.90. The molecule has 0 fully saturated rings. The van der Waals surface area contributed by atoms with Crippen molar-refractivity contribution >= 4 is 17.5 Å². The number of hydrogen-bond donors (Lipinski definition) is 1. The van der Waals surface area contributed by atoms with Crippen LogP contribution in [0.25, 0.3) is 0 Å². The van der Waals surface area contributed by atoms with Crippen LogP contribution in [0.15, 0.2) is 40.8 Å². The lowest BCUT2D eigenvalue weighted by atomic mass is 9.96. The summed E-state index contributed by atoms with van der Waals surface area (Å²) in [4.78, 5) is 10.1. The van der Waals surface area contributed by atoms with Crippen LogP contribution in [-0.2, 0) is 6.54 Å². The van der Waals surface area contributed by atoms with Gasteiger partial charge < -0.3 is 9.73 Å². The molecule has 6 heteroatoms. The average molecular weight is 309 g/mol. The maximum absolute atomic E-state index is 10.6. The van der Waals surface area contributed by atoms with Crippen LogP contribution in [0.5, 0.6) is 0 Å². The molecule has 1 aromatic heterocycles. The molecule has 0 spiro atoms. The Morgan fingerprint density at radius 1 is 1.24 bits per heavy atom. The quantitative estimate of drug-likeness (QED) is 0.637. The Kier molecular flexibility index (Phi) is 4.98. The van der Waals surface area contributed by atoms with Gasteiger partial charge in [0.1, 0.15) is 10.7 Å². The van der Waals surface area contributed by atoms with Crippen molar-refractivity contribution < 1.29 is 9.34 Å². The Hall–Kier alpha value is -1.85. The monoisotopic (exact) mass is 308 g/mol. The van der Waals surface area contributed by atoms with Gasteiger partial charge in [0.05, 0.1) is 12.6 Å². The number of nitrogens with zero attached hydrogens (tertiary/aromatic N) is 1. The second-order valence-corrected chi connectivity index (χ2v) is 5.59. The number of rotatable bonds is 6. The van der Waals surface area contributed by atoms with Crippen LogP contribution in [0, 0.1) is 16.0 Å². The smallest absolute Gasteiger partial charge is 0.404 e. The van der Waals surface area contributed by atoms with E-state index >= 15 is 0 Å². The molecule has 1 unspecified atom stereocenters. The van der Waals surface area contributed by atoms with Crippen molar-refractivity contribution in [1.82, 2.24) is 5.32 Å². The Morgan fingerprint density at radius 2 is 1.90 bits per heavy atom. The predicted molar refractivity (Wildman–Crippen MR) is 81.2 cm³/mol. The molecule has 21 heavy (non-hydrogen) atoms. The molecule has 1 aromatic carbocycles. The number of nitro groups is 1. The molecule has 1 heterocycles. The standard InChI is InChI=1S/C15H17ClN2O3/c1-10(2)15(11-3-5-12(16)6-4-11)17-9-13-7-8-14(21-13)18(19)20/h3-8,10,15,17H,9H2,1-2H3. The Morgan fingerprint density at radius 3 is 2.43 bits per heavy atom. The summed E-state index contributed by atoms with van der Waals surface area (Å²) < 4.78 is 5.15. The second-order valence-electron chi connectivity index (χ2n) is 5.15. The third-order valence-electron chi connectivity index (χ3n) is 3.22. The van der Waals surface area contributed by atoms with Crippen LogP contribution in [0.3, 0.4) is 0 Å². The zero-order valence-corrected chi connectivity index (χ0v) is 12.6. The van der Waals surface area contributed by atoms with Crippen LogP contribution < -0.4 is 5.32 Å². The summed E-state index contributed by atoms with van der Waals surface area (Å²) in [6.07, 6.45) is 0. The summed E-state index contributed by atoms with van der Waals surface area (Å²) in [6.45, 7) is 4.65. The van der Waals surface area contributed by atoms with Gasteiger partial charge in [-0.15, -0.1) is 0 Å². The largest absolute Gasteiger partial charge is 0.433 e. The van der Waals surface area contributed by atoms with E-state index in [-0.39, 0.29) is 11.9 Å². The topological polar surface area (TPSA) is 68.3 Å². The summed E-state index contributed by atoms with van der Waals surface area (Å²) in [6, 6.07) is 10.8. The molecule has 0 saturated heterocycles. The number of nitrogens with one attached hydrogen (secondary N) is 1. The number of hydrogen-bond acceptors (Lipinski definition) is 4. The summed E-state index contributed by atoms with van der Waals surface area (Å²) in [7, 11) is 0. The van der Waals surface area contributed by atoms with Gasteiger partial charge >= 0.3 is 5.88 Å². The maximum atomic E-state index is 10.6. The first-order chi connectivity index (χ1) is 9.97. The van der Waals surface area contributed by atoms with E-state index in [1.54, 1.807) is 6.07 Å². The zero-order valence-electron chi connectivity index (χ0n) is 11.9. The normalized spacial score (nSPS) is 12.6. The summed E-state index contributed by atoms with van der Waals surface area (Å²) in [5, 5.41) is 14.7. The molecule has 0 amide bonds. The fourth-order valence-corrected chi connectivity index (χ4v) is 2.30. The van der Waals surface area contributed by atoms with Crippen LogP contribution >= 0.6 is 11.6 Å². The fraction of sp³-hybridized carbons (Fsp3) is 0.333. The zero-order chi connectivity index (χ0) is 15.4. The van der Waals surface area contributed by atoms with Gasteiger partial charge in [0, 0.05) is 11.1 Å². The maximum Gasteiger partial charge on any atom is 0.433 e. The molecule has 1 atom stereocenters. The van der Waals surface area contributed by atoms with Crippen molar-refractivity contribution in [3.63, 3.8) is 0 Å². The molecule has 0 aliphatic heterocycles. The number of furan rings is 1. The van der Waals surface area contributed by atoms with E-state index in [0.717, 1.165) is 5.56 Å². The molecular formula is C15H17ClN2O3. The molecule has 0 aliphatic carbocycles. The SMILES string of the molecule is CC(C)C(NCc1ccc([N+](=O)[O-])o1)c1ccc(Cl)cc1. The molecule has 0 aliphatic rings. The van der Waals surface area contributed by atoms with Gasteiger partial charge in [-0.05, 0) is 29.7 Å². The highest BCUT2D eigenvalue weighted by Gasteiger charge is 2.17. The Balaban J connectivity index is 2.06. The fourth-order valence-electron chi connectivity index (χ4n) is 2.18. The lowest BCUT2D eigenvalue weighted by Crippen LogP contribution is -2.25. The molecular weight excluding hydrogens is 292 g/mol. The second kappa shape index (κ2) is 6.74. The number of halogens is 1. The highest BCUT2D eigenvalue weighted by Crippen LogP contribution is 2.24. The van der Waals surface area contributed by atoms with Gasteiger partial charge in [0.2, 0.25) is 0 Å². The van der Waals surface area contributed by atoms with E-state index < -0.39 is 4.92 Å². The van der Waals surface area contributed by atoms with Crippen molar-refractivity contribution in [1.29, 1.82) is 0 Å². The predicted octanol–water partition coefficient (Wildman–Crippen LogP) is 4.33. The van der Waals surface area contributed by atoms with Gasteiger partial charge in [0.25, 0.3) is 0 Å². The van der Waals surface area contributed by atoms with Crippen LogP contribution in [0.2, 0.25) is 5.02 Å². The van der Waals surface area contributed by atoms with Crippen LogP contribution in [0.1, 0.15) is 31.2 Å².